The maximum absolute atomic E-state index is 5.94. The zero-order chi connectivity index (χ0) is 25.2. The van der Waals surface area contributed by atoms with Gasteiger partial charge in [0.15, 0.2) is 6.29 Å². The van der Waals surface area contributed by atoms with Gasteiger partial charge in [-0.25, -0.2) is 0 Å². The number of rotatable bonds is 7. The fourth-order valence-corrected chi connectivity index (χ4v) is 5.31. The first-order chi connectivity index (χ1) is 17.6. The largest absolute Gasteiger partial charge is 0.421 e. The Morgan fingerprint density at radius 2 is 1.28 bits per heavy atom. The molecule has 1 aliphatic rings. The minimum Gasteiger partial charge on any atom is -0.421 e. The van der Waals surface area contributed by atoms with Crippen molar-refractivity contribution < 1.29 is 26.9 Å². The Morgan fingerprint density at radius 3 is 1.78 bits per heavy atom. The first-order valence-electron chi connectivity index (χ1n) is 11.8. The molecule has 1 aromatic heterocycles. The fraction of sp³-hybridized carbons (Fsp3) is 0.333. The van der Waals surface area contributed by atoms with E-state index in [-0.39, 0.29) is 20.4 Å². The highest BCUT2D eigenvalue weighted by molar-refractivity contribution is 7.31. The van der Waals surface area contributed by atoms with Gasteiger partial charge in [-0.05, 0) is 32.4 Å². The summed E-state index contributed by atoms with van der Waals surface area (Å²) in [6.07, 6.45) is -0.285. The van der Waals surface area contributed by atoms with E-state index in [9.17, 15) is 0 Å². The van der Waals surface area contributed by atoms with E-state index in [1.54, 1.807) is 0 Å². The van der Waals surface area contributed by atoms with Gasteiger partial charge in [0.2, 0.25) is 8.67 Å². The molecule has 3 aromatic carbocycles. The molecule has 36 heavy (non-hydrogen) atoms. The molecule has 0 spiro atoms. The third-order valence-electron chi connectivity index (χ3n) is 5.84. The Bertz CT molecular complexity index is 1190. The van der Waals surface area contributed by atoms with E-state index < -0.39 is 0 Å². The molecule has 1 aliphatic heterocycles. The molecule has 6 nitrogen and oxygen atoms in total. The molecule has 2 heterocycles. The molecule has 0 saturated carbocycles. The van der Waals surface area contributed by atoms with Gasteiger partial charge < -0.3 is 26.9 Å². The van der Waals surface area contributed by atoms with Crippen molar-refractivity contribution in [2.45, 2.75) is 13.2 Å². The monoisotopic (exact) mass is 546 g/mol. The van der Waals surface area contributed by atoms with Gasteiger partial charge in [0.05, 0.1) is 31.8 Å². The summed E-state index contributed by atoms with van der Waals surface area (Å²) in [7, 11) is 0.966. The smallest absolute Gasteiger partial charge is 0.201 e. The lowest BCUT2D eigenvalue weighted by molar-refractivity contribution is -0.244. The summed E-state index contributed by atoms with van der Waals surface area (Å²) in [4.78, 5) is 0. The maximum Gasteiger partial charge on any atom is 0.201 e. The van der Waals surface area contributed by atoms with Crippen molar-refractivity contribution in [3.8, 4) is 0 Å². The minimum absolute atomic E-state index is 0.0288. The topological polar surface area (TPSA) is 63.2 Å². The molecule has 0 amide bonds. The summed E-state index contributed by atoms with van der Waals surface area (Å²) >= 11 is 0. The van der Waals surface area contributed by atoms with Crippen LogP contribution in [-0.4, -0.2) is 39.8 Å². The molecule has 1 fully saturated rings. The quantitative estimate of drug-likeness (QED) is 0.220. The summed E-state index contributed by atoms with van der Waals surface area (Å²) < 4.78 is 34.2. The molecule has 9 heteroatoms. The summed E-state index contributed by atoms with van der Waals surface area (Å²) in [5.41, 5.74) is 3.89. The van der Waals surface area contributed by atoms with Crippen LogP contribution in [-0.2, 0) is 18.5 Å². The Labute approximate surface area is 217 Å². The Hall–Kier alpha value is -1.74. The number of hydrogen-bond donors (Lipinski definition) is 0. The highest BCUT2D eigenvalue weighted by atomic mass is 31.1. The van der Waals surface area contributed by atoms with E-state index in [0.29, 0.717) is 44.0 Å². The van der Waals surface area contributed by atoms with E-state index in [2.05, 4.69) is 31.2 Å². The van der Waals surface area contributed by atoms with Gasteiger partial charge in [0.1, 0.15) is 11.2 Å². The highest BCUT2D eigenvalue weighted by Gasteiger charge is 2.38. The van der Waals surface area contributed by atoms with Crippen LogP contribution in [0.3, 0.4) is 0 Å². The van der Waals surface area contributed by atoms with Crippen molar-refractivity contribution in [1.82, 2.24) is 0 Å². The number of hydrogen-bond acceptors (Lipinski definition) is 6. The first kappa shape index (κ1) is 27.3. The number of para-hydroxylation sites is 2. The van der Waals surface area contributed by atoms with Crippen molar-refractivity contribution in [3.63, 3.8) is 0 Å². The standard InChI is InChI=1S/C15H24O4P2.C12H9O2P/c1-12-4-6-13(7-5-12)14-16-8-15(9-17-14,10-18-20-2)11-19-21-3;1-3-7-11-9(5-1)10-6-2-4-8-12(10)14-15-13-11/h4-7,14,20-21H,8-11H2,1-3H3;1-8,15H. The summed E-state index contributed by atoms with van der Waals surface area (Å²) in [5, 5.41) is 2.19. The lowest BCUT2D eigenvalue weighted by Gasteiger charge is -2.39. The molecule has 4 aromatic rings. The van der Waals surface area contributed by atoms with Crippen LogP contribution in [0.5, 0.6) is 0 Å². The van der Waals surface area contributed by atoms with Gasteiger partial charge in [-0.15, -0.1) is 0 Å². The van der Waals surface area contributed by atoms with Gasteiger partial charge in [0.25, 0.3) is 0 Å². The zero-order valence-electron chi connectivity index (χ0n) is 20.8. The van der Waals surface area contributed by atoms with Crippen LogP contribution in [0, 0.1) is 12.3 Å². The highest BCUT2D eigenvalue weighted by Crippen LogP contribution is 2.35. The van der Waals surface area contributed by atoms with E-state index in [4.69, 9.17) is 26.9 Å². The molecular weight excluding hydrogens is 513 g/mol. The summed E-state index contributed by atoms with van der Waals surface area (Å²) in [5.74, 6) is 0. The van der Waals surface area contributed by atoms with Gasteiger partial charge in [0, 0.05) is 34.0 Å². The van der Waals surface area contributed by atoms with Crippen LogP contribution >= 0.6 is 26.3 Å². The average Bonchev–Trinajstić information content (AvgIpc) is 3.12. The second-order valence-corrected chi connectivity index (χ2v) is 10.6. The number of ether oxygens (including phenoxy) is 2. The van der Waals surface area contributed by atoms with Crippen LogP contribution in [0.4, 0.5) is 0 Å². The predicted octanol–water partition coefficient (Wildman–Crippen LogP) is 7.84. The molecule has 192 valence electrons. The third-order valence-corrected chi connectivity index (χ3v) is 7.32. The normalized spacial score (nSPS) is 20.2. The Balaban J connectivity index is 0.000000178. The lowest BCUT2D eigenvalue weighted by Crippen LogP contribution is -2.45. The molecular formula is C27H33O6P3. The van der Waals surface area contributed by atoms with Gasteiger partial charge in [-0.1, -0.05) is 66.2 Å². The van der Waals surface area contributed by atoms with Crippen molar-refractivity contribution >= 4 is 48.2 Å². The first-order valence-corrected chi connectivity index (χ1v) is 15.4. The van der Waals surface area contributed by atoms with Crippen LogP contribution in [0.2, 0.25) is 0 Å². The van der Waals surface area contributed by atoms with Gasteiger partial charge in [-0.3, -0.25) is 0 Å². The zero-order valence-corrected chi connectivity index (χ0v) is 23.8. The van der Waals surface area contributed by atoms with Gasteiger partial charge in [-0.2, -0.15) is 0 Å². The number of benzene rings is 3. The SMILES string of the molecule is CPOCC1(COPC)COC(c2ccc(C)cc2)OC1.c1ccc2c(c1)o[pH]oc1ccccc12. The van der Waals surface area contributed by atoms with Crippen molar-refractivity contribution in [3.05, 3.63) is 83.9 Å². The van der Waals surface area contributed by atoms with Crippen LogP contribution in [0.1, 0.15) is 17.4 Å². The van der Waals surface area contributed by atoms with Crippen molar-refractivity contribution in [2.24, 2.45) is 5.41 Å². The third kappa shape index (κ3) is 7.18. The molecule has 0 bridgehead atoms. The fourth-order valence-electron chi connectivity index (χ4n) is 3.84. The van der Waals surface area contributed by atoms with Crippen LogP contribution in [0.25, 0.3) is 21.9 Å². The molecule has 1 saturated heterocycles. The Kier molecular flexibility index (Phi) is 10.4. The number of fused-ring (bicyclic) bond motifs is 3. The molecule has 0 aliphatic carbocycles. The summed E-state index contributed by atoms with van der Waals surface area (Å²) in [6, 6.07) is 24.2. The second-order valence-electron chi connectivity index (χ2n) is 8.63. The molecule has 2 atom stereocenters. The van der Waals surface area contributed by atoms with Crippen molar-refractivity contribution in [2.75, 3.05) is 39.8 Å². The van der Waals surface area contributed by atoms with Crippen LogP contribution in [0.15, 0.2) is 81.2 Å². The molecule has 0 N–H and O–H groups in total. The van der Waals surface area contributed by atoms with E-state index in [1.807, 2.05) is 61.9 Å². The van der Waals surface area contributed by atoms with E-state index in [0.717, 1.165) is 27.5 Å². The second kappa shape index (κ2) is 13.7. The average molecular weight is 546 g/mol. The number of aryl methyl sites for hydroxylation is 1. The maximum atomic E-state index is 5.94. The van der Waals surface area contributed by atoms with E-state index in [1.165, 1.54) is 5.56 Å². The molecule has 0 radical (unpaired) electrons. The predicted molar refractivity (Wildman–Crippen MR) is 152 cm³/mol. The lowest BCUT2D eigenvalue weighted by atomic mass is 9.91. The minimum atomic E-state index is -0.285. The van der Waals surface area contributed by atoms with Crippen LogP contribution < -0.4 is 0 Å². The van der Waals surface area contributed by atoms with E-state index >= 15 is 0 Å². The molecule has 2 unspecified atom stereocenters. The summed E-state index contributed by atoms with van der Waals surface area (Å²) in [6.45, 7) is 8.55. The molecule has 5 rings (SSSR count). The van der Waals surface area contributed by atoms with Crippen molar-refractivity contribution in [1.29, 1.82) is 0 Å². The van der Waals surface area contributed by atoms with Gasteiger partial charge >= 0.3 is 0 Å². The Morgan fingerprint density at radius 1 is 0.778 bits per heavy atom.